The number of carbonyl (C=O) groups excluding carboxylic acids is 1. The fourth-order valence-corrected chi connectivity index (χ4v) is 4.82. The number of hydrogen-bond donors (Lipinski definition) is 1. The first-order valence-electron chi connectivity index (χ1n) is 10.0. The van der Waals surface area contributed by atoms with Crippen LogP contribution in [0.15, 0.2) is 48.8 Å². The van der Waals surface area contributed by atoms with E-state index >= 15 is 0 Å². The van der Waals surface area contributed by atoms with Crippen LogP contribution in [0.5, 0.6) is 0 Å². The van der Waals surface area contributed by atoms with E-state index in [0.717, 1.165) is 67.1 Å². The number of rotatable bonds is 2. The number of nitrogens with zero attached hydrogens (tertiary/aromatic N) is 3. The van der Waals surface area contributed by atoms with Gasteiger partial charge in [-0.25, -0.2) is 9.97 Å². The average molecular weight is 372 g/mol. The van der Waals surface area contributed by atoms with Crippen molar-refractivity contribution in [3.63, 3.8) is 0 Å². The van der Waals surface area contributed by atoms with E-state index in [1.165, 1.54) is 5.56 Å². The van der Waals surface area contributed by atoms with E-state index in [2.05, 4.69) is 22.1 Å². The number of likely N-dealkylation sites (tertiary alicyclic amines) is 1. The number of benzene rings is 1. The van der Waals surface area contributed by atoms with Gasteiger partial charge in [0.1, 0.15) is 0 Å². The number of fused-ring (bicyclic) bond motifs is 2. The van der Waals surface area contributed by atoms with E-state index in [4.69, 9.17) is 4.98 Å². The Morgan fingerprint density at radius 2 is 2.04 bits per heavy atom. The Morgan fingerprint density at radius 3 is 2.82 bits per heavy atom. The number of aryl methyl sites for hydroxylation is 2. The molecule has 1 aliphatic heterocycles. The molecule has 1 spiro atoms. The molecule has 28 heavy (non-hydrogen) atoms. The van der Waals surface area contributed by atoms with Crippen LogP contribution in [-0.2, 0) is 11.8 Å². The molecule has 2 aliphatic rings. The lowest BCUT2D eigenvalue weighted by atomic mass is 9.77. The zero-order valence-corrected chi connectivity index (χ0v) is 16.1. The molecule has 1 saturated heterocycles. The smallest absolute Gasteiger partial charge is 0.255 e. The highest BCUT2D eigenvalue weighted by Crippen LogP contribution is 2.44. The Hall–Kier alpha value is -2.95. The Kier molecular flexibility index (Phi) is 4.04. The summed E-state index contributed by atoms with van der Waals surface area (Å²) in [5.41, 5.74) is 5.11. The van der Waals surface area contributed by atoms with Crippen molar-refractivity contribution < 1.29 is 4.79 Å². The van der Waals surface area contributed by atoms with Crippen molar-refractivity contribution in [2.45, 2.75) is 38.0 Å². The monoisotopic (exact) mass is 372 g/mol. The van der Waals surface area contributed by atoms with Gasteiger partial charge in [0.15, 0.2) is 5.82 Å². The van der Waals surface area contributed by atoms with E-state index < -0.39 is 0 Å². The standard InChI is InChI=1S/C23H24N4O/c1-16-19(9-12-24-16)22(28)27-13-5-10-23(15-27)11-8-18-14-25-21(26-20(18)23)17-6-3-2-4-7-17/h2-4,6-7,9,12,14,24H,5,8,10-11,13,15H2,1H3. The third kappa shape index (κ3) is 2.73. The number of aromatic nitrogens is 3. The number of amides is 1. The van der Waals surface area contributed by atoms with Gasteiger partial charge in [-0.15, -0.1) is 0 Å². The second kappa shape index (κ2) is 6.59. The lowest BCUT2D eigenvalue weighted by molar-refractivity contribution is 0.0633. The first-order valence-corrected chi connectivity index (χ1v) is 10.0. The molecule has 0 radical (unpaired) electrons. The molecule has 5 rings (SSSR count). The summed E-state index contributed by atoms with van der Waals surface area (Å²) in [5, 5.41) is 0. The molecule has 1 amide bonds. The van der Waals surface area contributed by atoms with Crippen molar-refractivity contribution in [1.29, 1.82) is 0 Å². The van der Waals surface area contributed by atoms with Crippen LogP contribution in [0.1, 0.15) is 46.6 Å². The second-order valence-corrected chi connectivity index (χ2v) is 8.06. The maximum absolute atomic E-state index is 13.1. The molecule has 1 aromatic carbocycles. The summed E-state index contributed by atoms with van der Waals surface area (Å²) in [7, 11) is 0. The Bertz CT molecular complexity index is 1020. The van der Waals surface area contributed by atoms with Crippen LogP contribution < -0.4 is 0 Å². The third-order valence-corrected chi connectivity index (χ3v) is 6.32. The summed E-state index contributed by atoms with van der Waals surface area (Å²) in [5.74, 6) is 0.911. The molecule has 1 atom stereocenters. The minimum Gasteiger partial charge on any atom is -0.365 e. The van der Waals surface area contributed by atoms with Gasteiger partial charge in [-0.1, -0.05) is 30.3 Å². The van der Waals surface area contributed by atoms with Gasteiger partial charge in [0, 0.05) is 42.2 Å². The molecular weight excluding hydrogens is 348 g/mol. The zero-order valence-electron chi connectivity index (χ0n) is 16.1. The van der Waals surface area contributed by atoms with E-state index in [9.17, 15) is 4.79 Å². The normalized spacial score (nSPS) is 21.1. The summed E-state index contributed by atoms with van der Waals surface area (Å²) in [6, 6.07) is 12.0. The van der Waals surface area contributed by atoms with E-state index in [1.54, 1.807) is 0 Å². The Balaban J connectivity index is 1.49. The maximum Gasteiger partial charge on any atom is 0.255 e. The van der Waals surface area contributed by atoms with Crippen molar-refractivity contribution in [3.8, 4) is 11.4 Å². The number of aromatic amines is 1. The molecule has 1 fully saturated rings. The quantitative estimate of drug-likeness (QED) is 0.742. The molecule has 1 aliphatic carbocycles. The van der Waals surface area contributed by atoms with Crippen molar-refractivity contribution in [2.24, 2.45) is 0 Å². The largest absolute Gasteiger partial charge is 0.365 e. The van der Waals surface area contributed by atoms with Gasteiger partial charge in [0.2, 0.25) is 0 Å². The number of carbonyl (C=O) groups is 1. The molecule has 1 N–H and O–H groups in total. The Labute approximate surface area is 164 Å². The molecule has 1 unspecified atom stereocenters. The van der Waals surface area contributed by atoms with Gasteiger partial charge in [-0.3, -0.25) is 4.79 Å². The molecule has 3 heterocycles. The summed E-state index contributed by atoms with van der Waals surface area (Å²) in [4.78, 5) is 27.9. The van der Waals surface area contributed by atoms with Gasteiger partial charge in [-0.05, 0) is 44.2 Å². The SMILES string of the molecule is Cc1[nH]ccc1C(=O)N1CCCC2(CCc3cnc(-c4ccccc4)nc32)C1. The molecule has 0 saturated carbocycles. The minimum absolute atomic E-state index is 0.0417. The summed E-state index contributed by atoms with van der Waals surface area (Å²) >= 11 is 0. The second-order valence-electron chi connectivity index (χ2n) is 8.06. The van der Waals surface area contributed by atoms with Gasteiger partial charge in [0.05, 0.1) is 11.3 Å². The van der Waals surface area contributed by atoms with Crippen LogP contribution in [0.4, 0.5) is 0 Å². The summed E-state index contributed by atoms with van der Waals surface area (Å²) in [6.07, 6.45) is 7.98. The molecular formula is C23H24N4O. The van der Waals surface area contributed by atoms with Crippen LogP contribution >= 0.6 is 0 Å². The van der Waals surface area contributed by atoms with Crippen LogP contribution in [0.2, 0.25) is 0 Å². The van der Waals surface area contributed by atoms with Crippen molar-refractivity contribution >= 4 is 5.91 Å². The highest BCUT2D eigenvalue weighted by molar-refractivity contribution is 5.95. The fraction of sp³-hybridized carbons (Fsp3) is 0.348. The number of hydrogen-bond acceptors (Lipinski definition) is 3. The van der Waals surface area contributed by atoms with Gasteiger partial charge in [0.25, 0.3) is 5.91 Å². The zero-order chi connectivity index (χ0) is 19.1. The van der Waals surface area contributed by atoms with Crippen molar-refractivity contribution in [2.75, 3.05) is 13.1 Å². The lowest BCUT2D eigenvalue weighted by Crippen LogP contribution is -2.48. The molecule has 142 valence electrons. The van der Waals surface area contributed by atoms with Gasteiger partial charge < -0.3 is 9.88 Å². The summed E-state index contributed by atoms with van der Waals surface area (Å²) in [6.45, 7) is 3.52. The predicted octanol–water partition coefficient (Wildman–Crippen LogP) is 3.90. The highest BCUT2D eigenvalue weighted by Gasteiger charge is 2.45. The van der Waals surface area contributed by atoms with Gasteiger partial charge in [-0.2, -0.15) is 0 Å². The molecule has 0 bridgehead atoms. The van der Waals surface area contributed by atoms with Crippen molar-refractivity contribution in [1.82, 2.24) is 19.9 Å². The van der Waals surface area contributed by atoms with Crippen LogP contribution in [-0.4, -0.2) is 38.8 Å². The summed E-state index contributed by atoms with van der Waals surface area (Å²) < 4.78 is 0. The van der Waals surface area contributed by atoms with E-state index in [-0.39, 0.29) is 11.3 Å². The first kappa shape index (κ1) is 17.2. The predicted molar refractivity (Wildman–Crippen MR) is 108 cm³/mol. The van der Waals surface area contributed by atoms with Gasteiger partial charge >= 0.3 is 0 Å². The first-order chi connectivity index (χ1) is 13.7. The average Bonchev–Trinajstić information content (AvgIpc) is 3.32. The van der Waals surface area contributed by atoms with Crippen LogP contribution in [0.3, 0.4) is 0 Å². The van der Waals surface area contributed by atoms with E-state index in [0.29, 0.717) is 0 Å². The molecule has 5 heteroatoms. The third-order valence-electron chi connectivity index (χ3n) is 6.32. The Morgan fingerprint density at radius 1 is 1.18 bits per heavy atom. The van der Waals surface area contributed by atoms with E-state index in [1.807, 2.05) is 48.5 Å². The molecule has 5 nitrogen and oxygen atoms in total. The maximum atomic E-state index is 13.1. The number of nitrogens with one attached hydrogen (secondary N) is 1. The fourth-order valence-electron chi connectivity index (χ4n) is 4.82. The molecule has 3 aromatic rings. The molecule has 2 aromatic heterocycles. The number of piperidine rings is 1. The lowest BCUT2D eigenvalue weighted by Gasteiger charge is -2.40. The number of H-pyrrole nitrogens is 1. The highest BCUT2D eigenvalue weighted by atomic mass is 16.2. The van der Waals surface area contributed by atoms with Crippen molar-refractivity contribution in [3.05, 3.63) is 71.3 Å². The topological polar surface area (TPSA) is 61.9 Å². The minimum atomic E-state index is -0.0417. The van der Waals surface area contributed by atoms with Crippen LogP contribution in [0, 0.1) is 6.92 Å². The van der Waals surface area contributed by atoms with Crippen LogP contribution in [0.25, 0.3) is 11.4 Å².